The van der Waals surface area contributed by atoms with Crippen molar-refractivity contribution in [1.82, 2.24) is 4.72 Å². The predicted octanol–water partition coefficient (Wildman–Crippen LogP) is 2.28. The zero-order chi connectivity index (χ0) is 14.4. The van der Waals surface area contributed by atoms with E-state index >= 15 is 0 Å². The van der Waals surface area contributed by atoms with Crippen molar-refractivity contribution in [2.24, 2.45) is 0 Å². The van der Waals surface area contributed by atoms with Gasteiger partial charge in [0.25, 0.3) is 0 Å². The van der Waals surface area contributed by atoms with Crippen molar-refractivity contribution in [3.63, 3.8) is 0 Å². The quantitative estimate of drug-likeness (QED) is 0.770. The molecule has 0 unspecified atom stereocenters. The van der Waals surface area contributed by atoms with Crippen molar-refractivity contribution in [2.45, 2.75) is 24.2 Å². The van der Waals surface area contributed by atoms with Crippen LogP contribution in [0.15, 0.2) is 47.4 Å². The van der Waals surface area contributed by atoms with Crippen molar-refractivity contribution in [3.05, 3.63) is 42.5 Å². The van der Waals surface area contributed by atoms with Gasteiger partial charge in [0.2, 0.25) is 10.0 Å². The molecule has 0 aliphatic rings. The van der Waals surface area contributed by atoms with E-state index in [1.165, 1.54) is 0 Å². The first-order valence-electron chi connectivity index (χ1n) is 6.73. The Morgan fingerprint density at radius 1 is 0.950 bits per heavy atom. The Bertz CT molecular complexity index is 662. The molecule has 0 saturated heterocycles. The third kappa shape index (κ3) is 3.56. The standard InChI is InChI=1S/C15H19NO3S/c17-12-5-1-4-11-16-20(18,19)15-10-6-8-13-7-2-3-9-14(13)15/h2-3,6-10,16-17H,1,4-5,11-12H2. The number of aliphatic hydroxyl groups excluding tert-OH is 1. The number of unbranched alkanes of at least 4 members (excludes halogenated alkanes) is 2. The molecule has 0 heterocycles. The highest BCUT2D eigenvalue weighted by Gasteiger charge is 2.15. The van der Waals surface area contributed by atoms with Crippen LogP contribution in [0.5, 0.6) is 0 Å². The van der Waals surface area contributed by atoms with E-state index in [0.717, 1.165) is 23.6 Å². The van der Waals surface area contributed by atoms with Gasteiger partial charge in [-0.3, -0.25) is 0 Å². The number of fused-ring (bicyclic) bond motifs is 1. The van der Waals surface area contributed by atoms with Gasteiger partial charge >= 0.3 is 0 Å². The summed E-state index contributed by atoms with van der Waals surface area (Å²) in [6, 6.07) is 12.7. The second-order valence-corrected chi connectivity index (χ2v) is 6.39. The van der Waals surface area contributed by atoms with Gasteiger partial charge in [-0.25, -0.2) is 13.1 Å². The van der Waals surface area contributed by atoms with Gasteiger partial charge in [-0.2, -0.15) is 0 Å². The smallest absolute Gasteiger partial charge is 0.241 e. The Morgan fingerprint density at radius 3 is 2.50 bits per heavy atom. The monoisotopic (exact) mass is 293 g/mol. The third-order valence-corrected chi connectivity index (χ3v) is 4.69. The molecule has 20 heavy (non-hydrogen) atoms. The van der Waals surface area contributed by atoms with E-state index in [4.69, 9.17) is 5.11 Å². The number of sulfonamides is 1. The lowest BCUT2D eigenvalue weighted by Gasteiger charge is -2.09. The van der Waals surface area contributed by atoms with Gasteiger partial charge in [0.05, 0.1) is 4.90 Å². The summed E-state index contributed by atoms with van der Waals surface area (Å²) in [5.74, 6) is 0. The minimum atomic E-state index is -3.49. The molecule has 0 spiro atoms. The summed E-state index contributed by atoms with van der Waals surface area (Å²) in [4.78, 5) is 0.317. The summed E-state index contributed by atoms with van der Waals surface area (Å²) in [6.45, 7) is 0.543. The zero-order valence-electron chi connectivity index (χ0n) is 11.2. The van der Waals surface area contributed by atoms with Gasteiger partial charge in [0, 0.05) is 18.5 Å². The number of nitrogens with one attached hydrogen (secondary N) is 1. The molecule has 0 aliphatic heterocycles. The van der Waals surface area contributed by atoms with Crippen molar-refractivity contribution >= 4 is 20.8 Å². The second kappa shape index (κ2) is 6.83. The fraction of sp³-hybridized carbons (Fsp3) is 0.333. The first-order valence-corrected chi connectivity index (χ1v) is 8.22. The number of hydrogen-bond acceptors (Lipinski definition) is 3. The number of benzene rings is 2. The first-order chi connectivity index (χ1) is 9.65. The van der Waals surface area contributed by atoms with Gasteiger partial charge in [-0.05, 0) is 30.7 Å². The largest absolute Gasteiger partial charge is 0.396 e. The van der Waals surface area contributed by atoms with E-state index in [1.54, 1.807) is 12.1 Å². The Labute approximate surface area is 119 Å². The molecule has 2 N–H and O–H groups in total. The molecule has 0 radical (unpaired) electrons. The van der Waals surface area contributed by atoms with Crippen LogP contribution in [-0.2, 0) is 10.0 Å². The van der Waals surface area contributed by atoms with Crippen LogP contribution in [0.1, 0.15) is 19.3 Å². The molecule has 0 amide bonds. The summed E-state index contributed by atoms with van der Waals surface area (Å²) in [6.07, 6.45) is 2.25. The zero-order valence-corrected chi connectivity index (χ0v) is 12.1. The summed E-state index contributed by atoms with van der Waals surface area (Å²) in [7, 11) is -3.49. The highest BCUT2D eigenvalue weighted by Crippen LogP contribution is 2.22. The van der Waals surface area contributed by atoms with Gasteiger partial charge in [0.1, 0.15) is 0 Å². The van der Waals surface area contributed by atoms with Crippen molar-refractivity contribution in [2.75, 3.05) is 13.2 Å². The third-order valence-electron chi connectivity index (χ3n) is 3.17. The molecular weight excluding hydrogens is 274 g/mol. The van der Waals surface area contributed by atoms with Crippen LogP contribution >= 0.6 is 0 Å². The van der Waals surface area contributed by atoms with Crippen molar-refractivity contribution in [1.29, 1.82) is 0 Å². The molecule has 0 bridgehead atoms. The Balaban J connectivity index is 2.15. The SMILES string of the molecule is O=S(=O)(NCCCCCO)c1cccc2ccccc12. The van der Waals surface area contributed by atoms with Crippen molar-refractivity contribution in [3.8, 4) is 0 Å². The fourth-order valence-electron chi connectivity index (χ4n) is 2.13. The second-order valence-electron chi connectivity index (χ2n) is 4.66. The molecule has 2 aromatic rings. The fourth-order valence-corrected chi connectivity index (χ4v) is 3.43. The molecule has 0 fully saturated rings. The van der Waals surface area contributed by atoms with E-state index in [9.17, 15) is 8.42 Å². The highest BCUT2D eigenvalue weighted by atomic mass is 32.2. The van der Waals surface area contributed by atoms with E-state index in [1.807, 2.05) is 30.3 Å². The van der Waals surface area contributed by atoms with Crippen LogP contribution in [0.25, 0.3) is 10.8 Å². The maximum atomic E-state index is 12.3. The minimum absolute atomic E-state index is 0.149. The molecule has 0 saturated carbocycles. The van der Waals surface area contributed by atoms with E-state index in [-0.39, 0.29) is 6.61 Å². The highest BCUT2D eigenvalue weighted by molar-refractivity contribution is 7.89. The first kappa shape index (κ1) is 15.0. The van der Waals surface area contributed by atoms with Crippen LogP contribution < -0.4 is 4.72 Å². The molecular formula is C15H19NO3S. The maximum Gasteiger partial charge on any atom is 0.241 e. The lowest BCUT2D eigenvalue weighted by atomic mass is 10.1. The van der Waals surface area contributed by atoms with Crippen LogP contribution in [0, 0.1) is 0 Å². The molecule has 108 valence electrons. The Morgan fingerprint density at radius 2 is 1.70 bits per heavy atom. The van der Waals surface area contributed by atoms with E-state index < -0.39 is 10.0 Å². The average Bonchev–Trinajstić information content (AvgIpc) is 2.46. The molecule has 2 aromatic carbocycles. The van der Waals surface area contributed by atoms with E-state index in [2.05, 4.69) is 4.72 Å². The molecule has 0 aliphatic carbocycles. The van der Waals surface area contributed by atoms with Crippen molar-refractivity contribution < 1.29 is 13.5 Å². The van der Waals surface area contributed by atoms with Crippen LogP contribution in [0.4, 0.5) is 0 Å². The van der Waals surface area contributed by atoms with Gasteiger partial charge < -0.3 is 5.11 Å². The molecule has 4 nitrogen and oxygen atoms in total. The van der Waals surface area contributed by atoms with Crippen LogP contribution in [0.2, 0.25) is 0 Å². The van der Waals surface area contributed by atoms with Crippen LogP contribution in [-0.4, -0.2) is 26.7 Å². The minimum Gasteiger partial charge on any atom is -0.396 e. The molecule has 0 aromatic heterocycles. The summed E-state index contributed by atoms with van der Waals surface area (Å²) in [5, 5.41) is 10.3. The van der Waals surface area contributed by atoms with Gasteiger partial charge in [0.15, 0.2) is 0 Å². The van der Waals surface area contributed by atoms with Gasteiger partial charge in [-0.1, -0.05) is 36.4 Å². The molecule has 2 rings (SSSR count). The average molecular weight is 293 g/mol. The van der Waals surface area contributed by atoms with Gasteiger partial charge in [-0.15, -0.1) is 0 Å². The molecule has 5 heteroatoms. The normalized spacial score (nSPS) is 11.8. The number of hydrogen-bond donors (Lipinski definition) is 2. The molecule has 0 atom stereocenters. The lowest BCUT2D eigenvalue weighted by Crippen LogP contribution is -2.25. The van der Waals surface area contributed by atoms with Crippen LogP contribution in [0.3, 0.4) is 0 Å². The summed E-state index contributed by atoms with van der Waals surface area (Å²) < 4.78 is 27.3. The Kier molecular flexibility index (Phi) is 5.11. The summed E-state index contributed by atoms with van der Waals surface area (Å²) >= 11 is 0. The summed E-state index contributed by atoms with van der Waals surface area (Å²) in [5.41, 5.74) is 0. The lowest BCUT2D eigenvalue weighted by molar-refractivity contribution is 0.283. The topological polar surface area (TPSA) is 66.4 Å². The predicted molar refractivity (Wildman–Crippen MR) is 80.1 cm³/mol. The Hall–Kier alpha value is -1.43. The number of rotatable bonds is 7. The number of aliphatic hydroxyl groups is 1. The maximum absolute atomic E-state index is 12.3. The van der Waals surface area contributed by atoms with E-state index in [0.29, 0.717) is 17.9 Å².